The number of ether oxygens (including phenoxy) is 1. The van der Waals surface area contributed by atoms with E-state index in [0.717, 1.165) is 13.0 Å². The van der Waals surface area contributed by atoms with Gasteiger partial charge in [0.25, 0.3) is 0 Å². The molecule has 1 rings (SSSR count). The van der Waals surface area contributed by atoms with Crippen LogP contribution in [0.2, 0.25) is 0 Å². The Balaban J connectivity index is 2.15. The summed E-state index contributed by atoms with van der Waals surface area (Å²) in [5.74, 6) is 0. The Kier molecular flexibility index (Phi) is 5.45. The van der Waals surface area contributed by atoms with E-state index < -0.39 is 0 Å². The fraction of sp³-hybridized carbons (Fsp3) is 1.00. The summed E-state index contributed by atoms with van der Waals surface area (Å²) in [5.41, 5.74) is 0. The molecule has 0 bridgehead atoms. The van der Waals surface area contributed by atoms with Gasteiger partial charge in [0.05, 0.1) is 0 Å². The summed E-state index contributed by atoms with van der Waals surface area (Å²) in [7, 11) is 3.98. The van der Waals surface area contributed by atoms with Crippen molar-refractivity contribution in [3.63, 3.8) is 0 Å². The van der Waals surface area contributed by atoms with E-state index in [2.05, 4.69) is 24.2 Å². The Morgan fingerprint density at radius 3 is 2.93 bits per heavy atom. The first-order valence-electron chi connectivity index (χ1n) is 5.66. The van der Waals surface area contributed by atoms with Gasteiger partial charge in [0.1, 0.15) is 0 Å². The molecule has 3 heteroatoms. The highest BCUT2D eigenvalue weighted by Crippen LogP contribution is 2.09. The maximum atomic E-state index is 5.09. The number of rotatable bonds is 6. The minimum atomic E-state index is 0.623. The van der Waals surface area contributed by atoms with E-state index in [1.165, 1.54) is 25.9 Å². The average Bonchev–Trinajstić information content (AvgIpc) is 2.66. The van der Waals surface area contributed by atoms with Crippen molar-refractivity contribution in [1.82, 2.24) is 10.2 Å². The molecule has 0 radical (unpaired) electrons. The van der Waals surface area contributed by atoms with Crippen molar-refractivity contribution in [2.45, 2.75) is 38.3 Å². The van der Waals surface area contributed by atoms with Crippen LogP contribution in [0.3, 0.4) is 0 Å². The molecule has 1 fully saturated rings. The molecule has 1 saturated heterocycles. The maximum Gasteiger partial charge on any atom is 0.0477 e. The highest BCUT2D eigenvalue weighted by atomic mass is 16.5. The second-order valence-electron chi connectivity index (χ2n) is 4.36. The molecule has 0 spiro atoms. The monoisotopic (exact) mass is 200 g/mol. The lowest BCUT2D eigenvalue weighted by molar-refractivity contribution is 0.148. The molecule has 2 unspecified atom stereocenters. The summed E-state index contributed by atoms with van der Waals surface area (Å²) in [6.45, 7) is 5.51. The van der Waals surface area contributed by atoms with Crippen molar-refractivity contribution >= 4 is 0 Å². The molecule has 1 aliphatic heterocycles. The zero-order valence-electron chi connectivity index (χ0n) is 9.75. The molecule has 0 aromatic heterocycles. The van der Waals surface area contributed by atoms with E-state index in [-0.39, 0.29) is 0 Å². The van der Waals surface area contributed by atoms with Crippen molar-refractivity contribution in [3.8, 4) is 0 Å². The van der Waals surface area contributed by atoms with Crippen LogP contribution in [0.4, 0.5) is 0 Å². The van der Waals surface area contributed by atoms with Gasteiger partial charge in [-0.15, -0.1) is 0 Å². The van der Waals surface area contributed by atoms with Crippen molar-refractivity contribution < 1.29 is 4.74 Å². The second kappa shape index (κ2) is 6.38. The summed E-state index contributed by atoms with van der Waals surface area (Å²) in [6.07, 6.45) is 3.80. The first kappa shape index (κ1) is 12.0. The predicted molar refractivity (Wildman–Crippen MR) is 59.6 cm³/mol. The summed E-state index contributed by atoms with van der Waals surface area (Å²) >= 11 is 0. The van der Waals surface area contributed by atoms with E-state index in [1.54, 1.807) is 7.11 Å². The zero-order chi connectivity index (χ0) is 10.4. The van der Waals surface area contributed by atoms with Crippen LogP contribution in [0.5, 0.6) is 0 Å². The first-order chi connectivity index (χ1) is 6.74. The van der Waals surface area contributed by atoms with Gasteiger partial charge in [0.2, 0.25) is 0 Å². The molecule has 84 valence electrons. The molecule has 1 N–H and O–H groups in total. The van der Waals surface area contributed by atoms with Gasteiger partial charge >= 0.3 is 0 Å². The molecule has 3 nitrogen and oxygen atoms in total. The van der Waals surface area contributed by atoms with E-state index in [9.17, 15) is 0 Å². The molecular weight excluding hydrogens is 176 g/mol. The van der Waals surface area contributed by atoms with Gasteiger partial charge in [0, 0.05) is 32.3 Å². The number of hydrogen-bond acceptors (Lipinski definition) is 3. The van der Waals surface area contributed by atoms with E-state index in [1.807, 2.05) is 0 Å². The molecule has 2 atom stereocenters. The van der Waals surface area contributed by atoms with Gasteiger partial charge in [-0.1, -0.05) is 0 Å². The molecule has 0 aromatic carbocycles. The van der Waals surface area contributed by atoms with Crippen LogP contribution in [0, 0.1) is 0 Å². The molecule has 0 aromatic rings. The lowest BCUT2D eigenvalue weighted by atomic mass is 10.1. The van der Waals surface area contributed by atoms with Crippen LogP contribution < -0.4 is 5.32 Å². The van der Waals surface area contributed by atoms with Crippen LogP contribution in [0.25, 0.3) is 0 Å². The summed E-state index contributed by atoms with van der Waals surface area (Å²) < 4.78 is 5.09. The lowest BCUT2D eigenvalue weighted by Gasteiger charge is -2.27. The molecule has 1 aliphatic rings. The summed E-state index contributed by atoms with van der Waals surface area (Å²) in [6, 6.07) is 1.34. The zero-order valence-corrected chi connectivity index (χ0v) is 9.75. The normalized spacial score (nSPS) is 24.4. The fourth-order valence-electron chi connectivity index (χ4n) is 1.95. The van der Waals surface area contributed by atoms with Crippen LogP contribution in [0.15, 0.2) is 0 Å². The van der Waals surface area contributed by atoms with E-state index in [0.29, 0.717) is 12.1 Å². The van der Waals surface area contributed by atoms with Gasteiger partial charge in [-0.05, 0) is 39.8 Å². The van der Waals surface area contributed by atoms with E-state index in [4.69, 9.17) is 4.74 Å². The molecule has 0 aliphatic carbocycles. The second-order valence-corrected chi connectivity index (χ2v) is 4.36. The minimum absolute atomic E-state index is 0.623. The highest BCUT2D eigenvalue weighted by molar-refractivity contribution is 4.78. The molecule has 0 saturated carbocycles. The highest BCUT2D eigenvalue weighted by Gasteiger charge is 2.18. The molecule has 1 heterocycles. The third kappa shape index (κ3) is 3.95. The van der Waals surface area contributed by atoms with Crippen molar-refractivity contribution in [2.24, 2.45) is 0 Å². The number of methoxy groups -OCH3 is 1. The Morgan fingerprint density at radius 1 is 1.57 bits per heavy atom. The number of likely N-dealkylation sites (N-methyl/N-ethyl adjacent to an activating group) is 1. The van der Waals surface area contributed by atoms with E-state index >= 15 is 0 Å². The lowest BCUT2D eigenvalue weighted by Crippen LogP contribution is -2.40. The van der Waals surface area contributed by atoms with Crippen LogP contribution in [-0.2, 0) is 4.74 Å². The third-order valence-corrected chi connectivity index (χ3v) is 3.16. The van der Waals surface area contributed by atoms with Crippen LogP contribution in [-0.4, -0.2) is 50.8 Å². The Hall–Kier alpha value is -0.120. The predicted octanol–water partition coefficient (Wildman–Crippen LogP) is 1.10. The largest absolute Gasteiger partial charge is 0.385 e. The van der Waals surface area contributed by atoms with Crippen LogP contribution >= 0.6 is 0 Å². The van der Waals surface area contributed by atoms with Crippen molar-refractivity contribution in [2.75, 3.05) is 33.9 Å². The van der Waals surface area contributed by atoms with Gasteiger partial charge in [0.15, 0.2) is 0 Å². The molecular formula is C11H24N2O. The SMILES string of the molecule is COCCC(C)N(C)CC1CCCN1. The summed E-state index contributed by atoms with van der Waals surface area (Å²) in [4.78, 5) is 2.43. The quantitative estimate of drug-likeness (QED) is 0.695. The van der Waals surface area contributed by atoms with Gasteiger partial charge < -0.3 is 15.0 Å². The van der Waals surface area contributed by atoms with Gasteiger partial charge in [-0.2, -0.15) is 0 Å². The number of nitrogens with zero attached hydrogens (tertiary/aromatic N) is 1. The van der Waals surface area contributed by atoms with Gasteiger partial charge in [-0.3, -0.25) is 0 Å². The molecule has 0 amide bonds. The van der Waals surface area contributed by atoms with Crippen LogP contribution in [0.1, 0.15) is 26.2 Å². The number of nitrogens with one attached hydrogen (secondary N) is 1. The first-order valence-corrected chi connectivity index (χ1v) is 5.66. The smallest absolute Gasteiger partial charge is 0.0477 e. The molecule has 14 heavy (non-hydrogen) atoms. The third-order valence-electron chi connectivity index (χ3n) is 3.16. The van der Waals surface area contributed by atoms with Gasteiger partial charge in [-0.25, -0.2) is 0 Å². The average molecular weight is 200 g/mol. The minimum Gasteiger partial charge on any atom is -0.385 e. The fourth-order valence-corrected chi connectivity index (χ4v) is 1.95. The topological polar surface area (TPSA) is 24.5 Å². The van der Waals surface area contributed by atoms with Crippen molar-refractivity contribution in [3.05, 3.63) is 0 Å². The standard InChI is InChI=1S/C11H24N2O/c1-10(6-8-14-3)13(2)9-11-5-4-7-12-11/h10-12H,4-9H2,1-3H3. The Labute approximate surface area is 87.8 Å². The summed E-state index contributed by atoms with van der Waals surface area (Å²) in [5, 5.41) is 3.53. The Bertz CT molecular complexity index is 146. The number of hydrogen-bond donors (Lipinski definition) is 1. The van der Waals surface area contributed by atoms with Crippen molar-refractivity contribution in [1.29, 1.82) is 0 Å². The Morgan fingerprint density at radius 2 is 2.36 bits per heavy atom. The maximum absolute atomic E-state index is 5.09.